The van der Waals surface area contributed by atoms with E-state index < -0.39 is 11.4 Å². The van der Waals surface area contributed by atoms with Crippen molar-refractivity contribution in [2.75, 3.05) is 0 Å². The molecule has 1 aromatic carbocycles. The van der Waals surface area contributed by atoms with Gasteiger partial charge in [-0.05, 0) is 55.4 Å². The Bertz CT molecular complexity index is 469. The van der Waals surface area contributed by atoms with E-state index in [0.29, 0.717) is 29.7 Å². The van der Waals surface area contributed by atoms with E-state index >= 15 is 0 Å². The Morgan fingerprint density at radius 1 is 1.53 bits per heavy atom. The van der Waals surface area contributed by atoms with Gasteiger partial charge >= 0.3 is 5.97 Å². The molecule has 1 aliphatic rings. The fraction of sp³-hybridized carbons (Fsp3) is 0.533. The molecular formula is C15H18BrFO2. The molecule has 0 aliphatic heterocycles. The lowest BCUT2D eigenvalue weighted by atomic mass is 9.79. The molecule has 19 heavy (non-hydrogen) atoms. The van der Waals surface area contributed by atoms with E-state index in [0.717, 1.165) is 18.4 Å². The Morgan fingerprint density at radius 2 is 2.26 bits per heavy atom. The summed E-state index contributed by atoms with van der Waals surface area (Å²) in [5.74, 6) is -0.591. The van der Waals surface area contributed by atoms with E-state index in [1.165, 1.54) is 12.1 Å². The average molecular weight is 329 g/mol. The molecule has 2 rings (SSSR count). The van der Waals surface area contributed by atoms with Gasteiger partial charge in [-0.1, -0.05) is 29.3 Å². The number of benzene rings is 1. The molecule has 1 aromatic rings. The lowest BCUT2D eigenvalue weighted by Crippen LogP contribution is -2.30. The molecule has 104 valence electrons. The molecule has 0 saturated heterocycles. The molecule has 1 aliphatic carbocycles. The molecule has 2 atom stereocenters. The Morgan fingerprint density at radius 3 is 2.79 bits per heavy atom. The molecule has 0 amide bonds. The fourth-order valence-corrected chi connectivity index (χ4v) is 3.63. The molecule has 0 aromatic heterocycles. The Balaban J connectivity index is 2.24. The van der Waals surface area contributed by atoms with Gasteiger partial charge < -0.3 is 5.11 Å². The van der Waals surface area contributed by atoms with Crippen molar-refractivity contribution in [1.29, 1.82) is 0 Å². The first-order valence-corrected chi connectivity index (χ1v) is 7.43. The third-order valence-corrected chi connectivity index (χ3v) is 4.66. The van der Waals surface area contributed by atoms with Crippen molar-refractivity contribution >= 4 is 21.9 Å². The highest BCUT2D eigenvalue weighted by molar-refractivity contribution is 9.10. The molecule has 1 fully saturated rings. The molecule has 0 bridgehead atoms. The van der Waals surface area contributed by atoms with Crippen LogP contribution in [0.1, 0.15) is 38.2 Å². The van der Waals surface area contributed by atoms with Crippen LogP contribution in [0.2, 0.25) is 0 Å². The minimum Gasteiger partial charge on any atom is -0.481 e. The van der Waals surface area contributed by atoms with E-state index in [9.17, 15) is 14.3 Å². The van der Waals surface area contributed by atoms with Gasteiger partial charge in [0, 0.05) is 4.47 Å². The van der Waals surface area contributed by atoms with E-state index in [4.69, 9.17) is 0 Å². The minimum absolute atomic E-state index is 0.324. The van der Waals surface area contributed by atoms with Gasteiger partial charge in [0.25, 0.3) is 0 Å². The number of halogens is 2. The van der Waals surface area contributed by atoms with E-state index in [2.05, 4.69) is 22.9 Å². The quantitative estimate of drug-likeness (QED) is 0.888. The molecule has 0 spiro atoms. The first-order valence-electron chi connectivity index (χ1n) is 6.63. The zero-order valence-electron chi connectivity index (χ0n) is 11.0. The summed E-state index contributed by atoms with van der Waals surface area (Å²) in [6.45, 7) is 2.10. The highest BCUT2D eigenvalue weighted by Crippen LogP contribution is 2.45. The van der Waals surface area contributed by atoms with Gasteiger partial charge in [-0.25, -0.2) is 4.39 Å². The first-order chi connectivity index (χ1) is 8.95. The van der Waals surface area contributed by atoms with Gasteiger partial charge in [0.1, 0.15) is 5.82 Å². The summed E-state index contributed by atoms with van der Waals surface area (Å²) in [6, 6.07) is 4.64. The summed E-state index contributed by atoms with van der Waals surface area (Å²) in [5.41, 5.74) is 0.0412. The standard InChI is InChI=1S/C15H18BrFO2/c1-2-10-3-4-15(8-10,14(18)19)9-11-5-12(16)7-13(17)6-11/h5-7,10H,2-4,8-9H2,1H3,(H,18,19). The number of carboxylic acid groups (broad SMARTS) is 1. The summed E-state index contributed by atoms with van der Waals surface area (Å²) < 4.78 is 14.1. The van der Waals surface area contributed by atoms with Crippen LogP contribution >= 0.6 is 15.9 Å². The zero-order chi connectivity index (χ0) is 14.0. The van der Waals surface area contributed by atoms with Crippen LogP contribution in [0.25, 0.3) is 0 Å². The van der Waals surface area contributed by atoms with Gasteiger partial charge in [0.15, 0.2) is 0 Å². The average Bonchev–Trinajstić information content (AvgIpc) is 2.72. The fourth-order valence-electron chi connectivity index (χ4n) is 3.12. The number of rotatable bonds is 4. The summed E-state index contributed by atoms with van der Waals surface area (Å²) >= 11 is 3.26. The predicted octanol–water partition coefficient (Wildman–Crippen LogP) is 4.41. The second kappa shape index (κ2) is 5.61. The predicted molar refractivity (Wildman–Crippen MR) is 75.5 cm³/mol. The van der Waals surface area contributed by atoms with Crippen molar-refractivity contribution in [3.05, 3.63) is 34.1 Å². The molecule has 4 heteroatoms. The van der Waals surface area contributed by atoms with Crippen LogP contribution in [-0.2, 0) is 11.2 Å². The van der Waals surface area contributed by atoms with Gasteiger partial charge in [-0.2, -0.15) is 0 Å². The van der Waals surface area contributed by atoms with Crippen molar-refractivity contribution < 1.29 is 14.3 Å². The first kappa shape index (κ1) is 14.5. The second-order valence-electron chi connectivity index (χ2n) is 5.56. The SMILES string of the molecule is CCC1CCC(Cc2cc(F)cc(Br)c2)(C(=O)O)C1. The van der Waals surface area contributed by atoms with Crippen LogP contribution in [0.5, 0.6) is 0 Å². The van der Waals surface area contributed by atoms with Crippen molar-refractivity contribution in [1.82, 2.24) is 0 Å². The number of carbonyl (C=O) groups is 1. The molecule has 1 saturated carbocycles. The Hall–Kier alpha value is -0.900. The smallest absolute Gasteiger partial charge is 0.309 e. The van der Waals surface area contributed by atoms with Crippen LogP contribution in [0.4, 0.5) is 4.39 Å². The van der Waals surface area contributed by atoms with E-state index in [1.54, 1.807) is 0 Å². The lowest BCUT2D eigenvalue weighted by molar-refractivity contribution is -0.148. The number of hydrogen-bond acceptors (Lipinski definition) is 1. The molecule has 0 heterocycles. The number of hydrogen-bond donors (Lipinski definition) is 1. The minimum atomic E-state index is -0.746. The van der Waals surface area contributed by atoms with Crippen molar-refractivity contribution in [3.63, 3.8) is 0 Å². The maximum Gasteiger partial charge on any atom is 0.309 e. The van der Waals surface area contributed by atoms with Gasteiger partial charge in [-0.15, -0.1) is 0 Å². The van der Waals surface area contributed by atoms with E-state index in [1.807, 2.05) is 6.07 Å². The monoisotopic (exact) mass is 328 g/mol. The third kappa shape index (κ3) is 3.16. The molecular weight excluding hydrogens is 311 g/mol. The summed E-state index contributed by atoms with van der Waals surface area (Å²) in [5, 5.41) is 9.57. The lowest BCUT2D eigenvalue weighted by Gasteiger charge is -2.24. The molecule has 0 radical (unpaired) electrons. The Labute approximate surface area is 121 Å². The van der Waals surface area contributed by atoms with Gasteiger partial charge in [-0.3, -0.25) is 4.79 Å². The maximum atomic E-state index is 13.4. The molecule has 2 unspecified atom stereocenters. The van der Waals surface area contributed by atoms with Crippen molar-refractivity contribution in [3.8, 4) is 0 Å². The topological polar surface area (TPSA) is 37.3 Å². The largest absolute Gasteiger partial charge is 0.481 e. The van der Waals surface area contributed by atoms with Crippen LogP contribution in [-0.4, -0.2) is 11.1 Å². The van der Waals surface area contributed by atoms with Crippen molar-refractivity contribution in [2.45, 2.75) is 39.0 Å². The summed E-state index contributed by atoms with van der Waals surface area (Å²) in [6.07, 6.45) is 3.78. The van der Waals surface area contributed by atoms with Gasteiger partial charge in [0.05, 0.1) is 5.41 Å². The summed E-state index contributed by atoms with van der Waals surface area (Å²) in [4.78, 5) is 11.7. The number of carboxylic acids is 1. The highest BCUT2D eigenvalue weighted by atomic mass is 79.9. The zero-order valence-corrected chi connectivity index (χ0v) is 12.5. The molecule has 1 N–H and O–H groups in total. The van der Waals surface area contributed by atoms with Crippen molar-refractivity contribution in [2.24, 2.45) is 11.3 Å². The van der Waals surface area contributed by atoms with Crippen LogP contribution < -0.4 is 0 Å². The van der Waals surface area contributed by atoms with E-state index in [-0.39, 0.29) is 5.82 Å². The maximum absolute atomic E-state index is 13.4. The Kier molecular flexibility index (Phi) is 4.29. The highest BCUT2D eigenvalue weighted by Gasteiger charge is 2.44. The van der Waals surface area contributed by atoms with Gasteiger partial charge in [0.2, 0.25) is 0 Å². The summed E-state index contributed by atoms with van der Waals surface area (Å²) in [7, 11) is 0. The van der Waals surface area contributed by atoms with Crippen LogP contribution in [0.3, 0.4) is 0 Å². The van der Waals surface area contributed by atoms with Crippen LogP contribution in [0.15, 0.2) is 22.7 Å². The van der Waals surface area contributed by atoms with Crippen LogP contribution in [0, 0.1) is 17.2 Å². The normalized spacial score (nSPS) is 26.6. The second-order valence-corrected chi connectivity index (χ2v) is 6.47. The molecule has 2 nitrogen and oxygen atoms in total. The third-order valence-electron chi connectivity index (χ3n) is 4.21. The number of aliphatic carboxylic acids is 1.